The van der Waals surface area contributed by atoms with E-state index in [2.05, 4.69) is 16.0 Å². The van der Waals surface area contributed by atoms with Crippen LogP contribution in [-0.2, 0) is 4.79 Å². The van der Waals surface area contributed by atoms with Gasteiger partial charge >= 0.3 is 0 Å². The van der Waals surface area contributed by atoms with E-state index >= 15 is 0 Å². The van der Waals surface area contributed by atoms with Crippen molar-refractivity contribution >= 4 is 29.9 Å². The number of carbonyl (C=O) groups excluding carboxylic acids is 2. The second kappa shape index (κ2) is 10.2. The summed E-state index contributed by atoms with van der Waals surface area (Å²) in [5.74, 6) is -0.0304. The quantitative estimate of drug-likeness (QED) is 0.669. The molecule has 0 spiro atoms. The average Bonchev–Trinajstić information content (AvgIpc) is 3.01. The van der Waals surface area contributed by atoms with Crippen LogP contribution in [0, 0.1) is 0 Å². The molecule has 1 aromatic rings. The molecule has 6 heteroatoms. The molecule has 0 bridgehead atoms. The minimum absolute atomic E-state index is 0. The predicted octanol–water partition coefficient (Wildman–Crippen LogP) is 2.72. The smallest absolute Gasteiger partial charge is 0.251 e. The topological polar surface area (TPSA) is 70.2 Å². The number of hydrogen-bond donors (Lipinski definition) is 3. The molecule has 3 N–H and O–H groups in total. The molecule has 0 radical (unpaired) electrons. The van der Waals surface area contributed by atoms with E-state index in [0.717, 1.165) is 31.5 Å². The first-order valence-electron chi connectivity index (χ1n) is 8.04. The summed E-state index contributed by atoms with van der Waals surface area (Å²) in [6.45, 7) is 0.827. The molecule has 1 aliphatic rings. The monoisotopic (exact) mass is 339 g/mol. The highest BCUT2D eigenvalue weighted by Crippen LogP contribution is 2.18. The molecule has 0 atom stereocenters. The molecule has 1 aromatic carbocycles. The van der Waals surface area contributed by atoms with Crippen molar-refractivity contribution in [2.24, 2.45) is 0 Å². The first-order chi connectivity index (χ1) is 10.7. The first-order valence-corrected chi connectivity index (χ1v) is 8.04. The van der Waals surface area contributed by atoms with Gasteiger partial charge in [-0.1, -0.05) is 12.8 Å². The Morgan fingerprint density at radius 3 is 2.39 bits per heavy atom. The third kappa shape index (κ3) is 6.59. The summed E-state index contributed by atoms with van der Waals surface area (Å²) in [5.41, 5.74) is 1.37. The molecule has 5 nitrogen and oxygen atoms in total. The van der Waals surface area contributed by atoms with Crippen LogP contribution < -0.4 is 16.0 Å². The first kappa shape index (κ1) is 19.5. The summed E-state index contributed by atoms with van der Waals surface area (Å²) >= 11 is 0. The lowest BCUT2D eigenvalue weighted by molar-refractivity contribution is -0.116. The molecule has 2 amide bonds. The molecule has 128 valence electrons. The van der Waals surface area contributed by atoms with Gasteiger partial charge in [-0.05, 0) is 57.1 Å². The third-order valence-corrected chi connectivity index (χ3v) is 3.95. The Morgan fingerprint density at radius 2 is 1.78 bits per heavy atom. The lowest BCUT2D eigenvalue weighted by atomic mass is 10.1. The molecular formula is C17H26ClN3O2. The van der Waals surface area contributed by atoms with Gasteiger partial charge in [-0.2, -0.15) is 0 Å². The van der Waals surface area contributed by atoms with E-state index in [1.54, 1.807) is 24.3 Å². The summed E-state index contributed by atoms with van der Waals surface area (Å²) in [6, 6.07) is 7.39. The van der Waals surface area contributed by atoms with Crippen LogP contribution in [0.5, 0.6) is 0 Å². The number of halogens is 1. The maximum absolute atomic E-state index is 12.1. The lowest BCUT2D eigenvalue weighted by Crippen LogP contribution is -2.32. The summed E-state index contributed by atoms with van der Waals surface area (Å²) in [4.78, 5) is 23.8. The molecule has 0 heterocycles. The second-order valence-electron chi connectivity index (χ2n) is 5.79. The molecule has 1 saturated carbocycles. The maximum atomic E-state index is 12.1. The van der Waals surface area contributed by atoms with Crippen molar-refractivity contribution in [3.8, 4) is 0 Å². The van der Waals surface area contributed by atoms with Gasteiger partial charge < -0.3 is 16.0 Å². The molecular weight excluding hydrogens is 314 g/mol. The highest BCUT2D eigenvalue weighted by atomic mass is 35.5. The Labute approximate surface area is 144 Å². The minimum Gasteiger partial charge on any atom is -0.349 e. The van der Waals surface area contributed by atoms with Gasteiger partial charge in [0.05, 0.1) is 0 Å². The number of amides is 2. The van der Waals surface area contributed by atoms with E-state index in [1.165, 1.54) is 12.8 Å². The highest BCUT2D eigenvalue weighted by Gasteiger charge is 2.17. The standard InChI is InChI=1S/C17H25N3O2.ClH/c1-18-12-4-7-16(21)19-15-10-8-13(9-11-15)17(22)20-14-5-2-3-6-14;/h8-11,14,18H,2-7,12H2,1H3,(H,19,21)(H,20,22);1H. The fourth-order valence-electron chi connectivity index (χ4n) is 2.69. The molecule has 1 aliphatic carbocycles. The fraction of sp³-hybridized carbons (Fsp3) is 0.529. The lowest BCUT2D eigenvalue weighted by Gasteiger charge is -2.12. The number of nitrogens with one attached hydrogen (secondary N) is 3. The van der Waals surface area contributed by atoms with Gasteiger partial charge in [0.25, 0.3) is 5.91 Å². The molecule has 23 heavy (non-hydrogen) atoms. The van der Waals surface area contributed by atoms with Crippen LogP contribution in [0.1, 0.15) is 48.9 Å². The van der Waals surface area contributed by atoms with Crippen molar-refractivity contribution in [1.82, 2.24) is 10.6 Å². The van der Waals surface area contributed by atoms with Gasteiger partial charge in [0.2, 0.25) is 5.91 Å². The SMILES string of the molecule is CNCCCC(=O)Nc1ccc(C(=O)NC2CCCC2)cc1.Cl. The zero-order chi connectivity index (χ0) is 15.8. The number of hydrogen-bond acceptors (Lipinski definition) is 3. The van der Waals surface area contributed by atoms with E-state index in [1.807, 2.05) is 7.05 Å². The Hall–Kier alpha value is -1.59. The van der Waals surface area contributed by atoms with Crippen molar-refractivity contribution in [2.75, 3.05) is 18.9 Å². The van der Waals surface area contributed by atoms with Gasteiger partial charge in [0, 0.05) is 23.7 Å². The largest absolute Gasteiger partial charge is 0.349 e. The summed E-state index contributed by atoms with van der Waals surface area (Å²) < 4.78 is 0. The average molecular weight is 340 g/mol. The van der Waals surface area contributed by atoms with Crippen LogP contribution in [0.3, 0.4) is 0 Å². The molecule has 0 aromatic heterocycles. The van der Waals surface area contributed by atoms with Gasteiger partial charge in [0.1, 0.15) is 0 Å². The van der Waals surface area contributed by atoms with Crippen LogP contribution in [0.4, 0.5) is 5.69 Å². The van der Waals surface area contributed by atoms with Crippen molar-refractivity contribution in [3.63, 3.8) is 0 Å². The molecule has 0 unspecified atom stereocenters. The van der Waals surface area contributed by atoms with Crippen LogP contribution in [0.25, 0.3) is 0 Å². The van der Waals surface area contributed by atoms with E-state index in [9.17, 15) is 9.59 Å². The van der Waals surface area contributed by atoms with E-state index in [4.69, 9.17) is 0 Å². The number of anilines is 1. The van der Waals surface area contributed by atoms with Gasteiger partial charge in [0.15, 0.2) is 0 Å². The van der Waals surface area contributed by atoms with Gasteiger partial charge in [-0.3, -0.25) is 9.59 Å². The summed E-state index contributed by atoms with van der Waals surface area (Å²) in [7, 11) is 1.87. The van der Waals surface area contributed by atoms with Crippen molar-refractivity contribution in [2.45, 2.75) is 44.6 Å². The highest BCUT2D eigenvalue weighted by molar-refractivity contribution is 5.96. The van der Waals surface area contributed by atoms with Gasteiger partial charge in [-0.25, -0.2) is 0 Å². The number of benzene rings is 1. The van der Waals surface area contributed by atoms with E-state index in [-0.39, 0.29) is 24.2 Å². The van der Waals surface area contributed by atoms with Crippen LogP contribution >= 0.6 is 12.4 Å². The Balaban J connectivity index is 0.00000264. The van der Waals surface area contributed by atoms with Crippen molar-refractivity contribution < 1.29 is 9.59 Å². The van der Waals surface area contributed by atoms with Crippen molar-refractivity contribution in [3.05, 3.63) is 29.8 Å². The second-order valence-corrected chi connectivity index (χ2v) is 5.79. The van der Waals surface area contributed by atoms with Crippen molar-refractivity contribution in [1.29, 1.82) is 0 Å². The molecule has 0 saturated heterocycles. The third-order valence-electron chi connectivity index (χ3n) is 3.95. The minimum atomic E-state index is -0.0289. The molecule has 0 aliphatic heterocycles. The predicted molar refractivity (Wildman–Crippen MR) is 95.2 cm³/mol. The summed E-state index contributed by atoms with van der Waals surface area (Å²) in [5, 5.41) is 8.91. The maximum Gasteiger partial charge on any atom is 0.251 e. The van der Waals surface area contributed by atoms with Crippen LogP contribution in [0.2, 0.25) is 0 Å². The fourth-order valence-corrected chi connectivity index (χ4v) is 2.69. The molecule has 1 fully saturated rings. The van der Waals surface area contributed by atoms with E-state index in [0.29, 0.717) is 18.0 Å². The Morgan fingerprint density at radius 1 is 1.13 bits per heavy atom. The Kier molecular flexibility index (Phi) is 8.66. The Bertz CT molecular complexity index is 499. The molecule has 2 rings (SSSR count). The number of carbonyl (C=O) groups is 2. The van der Waals surface area contributed by atoms with Crippen LogP contribution in [0.15, 0.2) is 24.3 Å². The summed E-state index contributed by atoms with van der Waals surface area (Å²) in [6.07, 6.45) is 5.85. The van der Waals surface area contributed by atoms with Gasteiger partial charge in [-0.15, -0.1) is 12.4 Å². The zero-order valence-electron chi connectivity index (χ0n) is 13.6. The number of rotatable bonds is 7. The normalized spacial score (nSPS) is 14.1. The van der Waals surface area contributed by atoms with Crippen LogP contribution in [-0.4, -0.2) is 31.4 Å². The zero-order valence-corrected chi connectivity index (χ0v) is 14.4. The van der Waals surface area contributed by atoms with E-state index < -0.39 is 0 Å².